The van der Waals surface area contributed by atoms with Gasteiger partial charge in [0.25, 0.3) is 0 Å². The smallest absolute Gasteiger partial charge is 0.132 e. The van der Waals surface area contributed by atoms with E-state index in [1.165, 1.54) is 11.1 Å². The monoisotopic (exact) mass is 391 g/mol. The number of nitrogens with zero attached hydrogens (tertiary/aromatic N) is 1. The van der Waals surface area contributed by atoms with Gasteiger partial charge in [0.05, 0.1) is 17.0 Å². The molecule has 1 unspecified atom stereocenters. The molecule has 0 saturated carbocycles. The van der Waals surface area contributed by atoms with Gasteiger partial charge in [0.15, 0.2) is 0 Å². The van der Waals surface area contributed by atoms with Gasteiger partial charge < -0.3 is 4.74 Å². The molecule has 0 amide bonds. The molecule has 0 aromatic heterocycles. The van der Waals surface area contributed by atoms with Crippen LogP contribution in [0.4, 0.5) is 0 Å². The van der Waals surface area contributed by atoms with Crippen molar-refractivity contribution in [3.8, 4) is 28.7 Å². The number of benzene rings is 4. The van der Waals surface area contributed by atoms with Crippen molar-refractivity contribution in [2.75, 3.05) is 0 Å². The van der Waals surface area contributed by atoms with E-state index in [9.17, 15) is 5.26 Å². The number of nitriles is 1. The summed E-state index contributed by atoms with van der Waals surface area (Å²) in [7, 11) is 0. The predicted molar refractivity (Wildman–Crippen MR) is 114 cm³/mol. The number of para-hydroxylation sites is 1. The molecule has 3 heteroatoms. The summed E-state index contributed by atoms with van der Waals surface area (Å²) < 4.78 is 6.28. The van der Waals surface area contributed by atoms with E-state index in [-0.39, 0.29) is 0 Å². The Labute approximate surface area is 173 Å². The summed E-state index contributed by atoms with van der Waals surface area (Å²) in [5.74, 6) is 1.62. The van der Waals surface area contributed by atoms with Gasteiger partial charge in [-0.05, 0) is 58.7 Å². The van der Waals surface area contributed by atoms with E-state index >= 15 is 0 Å². The summed E-state index contributed by atoms with van der Waals surface area (Å²) in [6.07, 6.45) is 0. The minimum Gasteiger partial charge on any atom is -0.457 e. The Morgan fingerprint density at radius 1 is 0.690 bits per heavy atom. The Morgan fingerprint density at radius 3 is 2.28 bits per heavy atom. The summed E-state index contributed by atoms with van der Waals surface area (Å²) >= 11 is 6.47. The van der Waals surface area contributed by atoms with Crippen LogP contribution in [0.5, 0.6) is 11.5 Å². The van der Waals surface area contributed by atoms with Gasteiger partial charge in [-0.3, -0.25) is 0 Å². The minimum absolute atomic E-state index is 0.576. The van der Waals surface area contributed by atoms with E-state index in [0.717, 1.165) is 33.8 Å². The quantitative estimate of drug-likeness (QED) is 0.289. The van der Waals surface area contributed by atoms with E-state index in [2.05, 4.69) is 42.5 Å². The number of hydrogen-bond acceptors (Lipinski definition) is 2. The van der Waals surface area contributed by atoms with Crippen LogP contribution in [0.2, 0.25) is 5.02 Å². The maximum Gasteiger partial charge on any atom is 0.132 e. The van der Waals surface area contributed by atoms with Crippen LogP contribution in [0.25, 0.3) is 11.1 Å². The van der Waals surface area contributed by atoms with Crippen molar-refractivity contribution in [2.24, 2.45) is 0 Å². The first kappa shape index (κ1) is 16.4. The molecule has 4 aromatic carbocycles. The molecular weight excluding hydrogens is 378 g/mol. The number of fused-ring (bicyclic) bond motifs is 9. The van der Waals surface area contributed by atoms with Crippen LogP contribution >= 0.6 is 11.6 Å². The Morgan fingerprint density at radius 2 is 1.41 bits per heavy atom. The molecule has 0 radical (unpaired) electrons. The van der Waals surface area contributed by atoms with Gasteiger partial charge >= 0.3 is 0 Å². The normalized spacial score (nSPS) is 17.5. The highest BCUT2D eigenvalue weighted by Gasteiger charge is 2.51. The topological polar surface area (TPSA) is 33.0 Å². The van der Waals surface area contributed by atoms with Crippen LogP contribution in [-0.2, 0) is 5.41 Å². The van der Waals surface area contributed by atoms with Gasteiger partial charge in [-0.1, -0.05) is 60.1 Å². The van der Waals surface area contributed by atoms with Gasteiger partial charge in [0.1, 0.15) is 11.5 Å². The van der Waals surface area contributed by atoms with E-state index in [1.807, 2.05) is 48.5 Å². The second-order valence-electron chi connectivity index (χ2n) is 7.41. The Bertz CT molecular complexity index is 1370. The summed E-state index contributed by atoms with van der Waals surface area (Å²) in [5.41, 5.74) is 6.73. The number of ether oxygens (including phenoxy) is 1. The molecule has 1 aliphatic carbocycles. The summed E-state index contributed by atoms with van der Waals surface area (Å²) in [6.45, 7) is 0. The van der Waals surface area contributed by atoms with Crippen molar-refractivity contribution in [3.63, 3.8) is 0 Å². The maximum absolute atomic E-state index is 9.61. The highest BCUT2D eigenvalue weighted by molar-refractivity contribution is 6.30. The molecule has 1 atom stereocenters. The molecule has 0 bridgehead atoms. The molecule has 1 heterocycles. The molecule has 2 aliphatic rings. The lowest BCUT2D eigenvalue weighted by Crippen LogP contribution is -2.32. The number of hydrogen-bond donors (Lipinski definition) is 0. The second-order valence-corrected chi connectivity index (χ2v) is 7.84. The fourth-order valence-corrected chi connectivity index (χ4v) is 5.11. The lowest BCUT2D eigenvalue weighted by Gasteiger charge is -2.39. The fourth-order valence-electron chi connectivity index (χ4n) is 4.94. The SMILES string of the molecule is N#Cc1ccc2c(c1)C1(c3ccccc3Oc3ccc(Cl)cc31)c1ccccc1-2. The van der Waals surface area contributed by atoms with E-state index in [1.54, 1.807) is 0 Å². The first-order valence-corrected chi connectivity index (χ1v) is 9.83. The molecule has 0 N–H and O–H groups in total. The lowest BCUT2D eigenvalue weighted by molar-refractivity contribution is 0.436. The van der Waals surface area contributed by atoms with E-state index in [4.69, 9.17) is 16.3 Å². The first-order valence-electron chi connectivity index (χ1n) is 9.45. The molecule has 4 aromatic rings. The molecular formula is C26H14ClNO. The third-order valence-corrected chi connectivity index (χ3v) is 6.27. The van der Waals surface area contributed by atoms with Crippen LogP contribution in [0.1, 0.15) is 27.8 Å². The van der Waals surface area contributed by atoms with Gasteiger partial charge in [0.2, 0.25) is 0 Å². The molecule has 1 spiro atoms. The molecule has 6 rings (SSSR count). The van der Waals surface area contributed by atoms with E-state index < -0.39 is 5.41 Å². The molecule has 0 fully saturated rings. The highest BCUT2D eigenvalue weighted by Crippen LogP contribution is 2.62. The number of halogens is 1. The third kappa shape index (κ3) is 2.00. The van der Waals surface area contributed by atoms with Gasteiger partial charge in [-0.25, -0.2) is 0 Å². The second kappa shape index (κ2) is 5.73. The Kier molecular flexibility index (Phi) is 3.25. The van der Waals surface area contributed by atoms with Crippen molar-refractivity contribution in [1.29, 1.82) is 5.26 Å². The van der Waals surface area contributed by atoms with Crippen LogP contribution in [-0.4, -0.2) is 0 Å². The first-order chi connectivity index (χ1) is 14.2. The van der Waals surface area contributed by atoms with Crippen molar-refractivity contribution in [3.05, 3.63) is 118 Å². The van der Waals surface area contributed by atoms with Gasteiger partial charge in [-0.2, -0.15) is 5.26 Å². The van der Waals surface area contributed by atoms with Crippen LogP contribution in [0.15, 0.2) is 84.9 Å². The molecule has 29 heavy (non-hydrogen) atoms. The van der Waals surface area contributed by atoms with Crippen molar-refractivity contribution in [2.45, 2.75) is 5.41 Å². The van der Waals surface area contributed by atoms with Gasteiger partial charge in [-0.15, -0.1) is 0 Å². The van der Waals surface area contributed by atoms with Crippen LogP contribution in [0, 0.1) is 11.3 Å². The van der Waals surface area contributed by atoms with Crippen molar-refractivity contribution < 1.29 is 4.74 Å². The average Bonchev–Trinajstić information content (AvgIpc) is 3.05. The van der Waals surface area contributed by atoms with Crippen LogP contribution in [0.3, 0.4) is 0 Å². The Hall–Kier alpha value is -3.54. The largest absolute Gasteiger partial charge is 0.457 e. The highest BCUT2D eigenvalue weighted by atomic mass is 35.5. The summed E-state index contributed by atoms with van der Waals surface area (Å²) in [5, 5.41) is 10.3. The average molecular weight is 392 g/mol. The number of rotatable bonds is 0. The van der Waals surface area contributed by atoms with Crippen LogP contribution < -0.4 is 4.74 Å². The maximum atomic E-state index is 9.61. The molecule has 1 aliphatic heterocycles. The minimum atomic E-state index is -0.576. The zero-order valence-corrected chi connectivity index (χ0v) is 16.1. The third-order valence-electron chi connectivity index (χ3n) is 6.03. The van der Waals surface area contributed by atoms with Crippen molar-refractivity contribution in [1.82, 2.24) is 0 Å². The summed E-state index contributed by atoms with van der Waals surface area (Å²) in [4.78, 5) is 0. The zero-order chi connectivity index (χ0) is 19.6. The Balaban J connectivity index is 1.86. The molecule has 0 saturated heterocycles. The lowest BCUT2D eigenvalue weighted by atomic mass is 9.66. The standard InChI is InChI=1S/C26H14ClNO/c27-17-10-12-25-23(14-17)26(21-7-3-4-8-24(21)29-25)20-6-2-1-5-18(20)19-11-9-16(15-28)13-22(19)26/h1-14H. The van der Waals surface area contributed by atoms with Crippen molar-refractivity contribution >= 4 is 11.6 Å². The molecule has 136 valence electrons. The zero-order valence-electron chi connectivity index (χ0n) is 15.3. The van der Waals surface area contributed by atoms with Gasteiger partial charge in [0, 0.05) is 16.1 Å². The summed E-state index contributed by atoms with van der Waals surface area (Å²) in [6, 6.07) is 30.7. The molecule has 2 nitrogen and oxygen atoms in total. The van der Waals surface area contributed by atoms with E-state index in [0.29, 0.717) is 10.6 Å². The predicted octanol–water partition coefficient (Wildman–Crippen LogP) is 6.68. The fraction of sp³-hybridized carbons (Fsp3) is 0.0385.